The highest BCUT2D eigenvalue weighted by Crippen LogP contribution is 2.13. The van der Waals surface area contributed by atoms with Crippen molar-refractivity contribution < 1.29 is 24.2 Å². The summed E-state index contributed by atoms with van der Waals surface area (Å²) in [6, 6.07) is -1.07. The van der Waals surface area contributed by atoms with Crippen LogP contribution in [0.5, 0.6) is 0 Å². The predicted octanol–water partition coefficient (Wildman–Crippen LogP) is 1.73. The first-order valence-electron chi connectivity index (χ1n) is 5.90. The van der Waals surface area contributed by atoms with E-state index < -0.39 is 29.8 Å². The number of hydrogen-bond donors (Lipinski definition) is 1. The summed E-state index contributed by atoms with van der Waals surface area (Å²) < 4.78 is 10.4. The first-order chi connectivity index (χ1) is 8.10. The molecule has 0 aromatic heterocycles. The summed E-state index contributed by atoms with van der Waals surface area (Å²) in [6.07, 6.45) is -1.29. The van der Waals surface area contributed by atoms with Gasteiger partial charge >= 0.3 is 12.1 Å². The van der Waals surface area contributed by atoms with Gasteiger partial charge in [0.1, 0.15) is 5.60 Å². The second kappa shape index (κ2) is 6.58. The van der Waals surface area contributed by atoms with Crippen LogP contribution in [0.1, 0.15) is 34.6 Å². The molecule has 0 saturated heterocycles. The molecule has 0 heterocycles. The number of amides is 1. The smallest absolute Gasteiger partial charge is 0.410 e. The lowest BCUT2D eigenvalue weighted by Gasteiger charge is -2.31. The van der Waals surface area contributed by atoms with Crippen LogP contribution in [-0.2, 0) is 14.3 Å². The first-order valence-corrected chi connectivity index (χ1v) is 5.90. The fourth-order valence-electron chi connectivity index (χ4n) is 1.48. The molecule has 0 saturated carbocycles. The Hall–Kier alpha value is -1.30. The molecule has 1 amide bonds. The molecular formula is C12H23NO5. The molecule has 0 aliphatic rings. The quantitative estimate of drug-likeness (QED) is 0.815. The summed E-state index contributed by atoms with van der Waals surface area (Å²) >= 11 is 0. The molecule has 0 rings (SSSR count). The maximum Gasteiger partial charge on any atom is 0.410 e. The molecule has 0 aromatic rings. The van der Waals surface area contributed by atoms with Gasteiger partial charge in [0.25, 0.3) is 0 Å². The van der Waals surface area contributed by atoms with Gasteiger partial charge < -0.3 is 14.6 Å². The topological polar surface area (TPSA) is 76.1 Å². The van der Waals surface area contributed by atoms with E-state index in [-0.39, 0.29) is 0 Å². The molecule has 18 heavy (non-hydrogen) atoms. The molecule has 0 spiro atoms. The zero-order valence-corrected chi connectivity index (χ0v) is 11.9. The number of rotatable bonds is 5. The highest BCUT2D eigenvalue weighted by molar-refractivity contribution is 5.80. The highest BCUT2D eigenvalue weighted by atomic mass is 16.6. The van der Waals surface area contributed by atoms with E-state index in [1.165, 1.54) is 7.05 Å². The Kier molecular flexibility index (Phi) is 6.11. The Labute approximate surface area is 108 Å². The van der Waals surface area contributed by atoms with Gasteiger partial charge in [0.05, 0.1) is 6.10 Å². The summed E-state index contributed by atoms with van der Waals surface area (Å²) in [5, 5.41) is 9.16. The van der Waals surface area contributed by atoms with Gasteiger partial charge in [-0.2, -0.15) is 0 Å². The van der Waals surface area contributed by atoms with Crippen molar-refractivity contribution in [2.75, 3.05) is 13.7 Å². The van der Waals surface area contributed by atoms with Crippen molar-refractivity contribution in [1.29, 1.82) is 0 Å². The van der Waals surface area contributed by atoms with Crippen LogP contribution in [0.15, 0.2) is 0 Å². The van der Waals surface area contributed by atoms with Crippen LogP contribution in [0.2, 0.25) is 0 Å². The second-order valence-electron chi connectivity index (χ2n) is 5.03. The Morgan fingerprint density at radius 1 is 1.33 bits per heavy atom. The van der Waals surface area contributed by atoms with Gasteiger partial charge in [-0.25, -0.2) is 9.59 Å². The van der Waals surface area contributed by atoms with Gasteiger partial charge in [-0.15, -0.1) is 0 Å². The summed E-state index contributed by atoms with van der Waals surface area (Å²) in [5.74, 6) is -1.12. The normalized spacial score (nSPS) is 14.8. The molecule has 2 atom stereocenters. The monoisotopic (exact) mass is 261 g/mol. The molecule has 0 bridgehead atoms. The van der Waals surface area contributed by atoms with Gasteiger partial charge in [-0.3, -0.25) is 4.90 Å². The van der Waals surface area contributed by atoms with E-state index in [2.05, 4.69) is 0 Å². The predicted molar refractivity (Wildman–Crippen MR) is 66.5 cm³/mol. The van der Waals surface area contributed by atoms with E-state index in [9.17, 15) is 9.59 Å². The Morgan fingerprint density at radius 3 is 2.17 bits per heavy atom. The second-order valence-corrected chi connectivity index (χ2v) is 5.03. The minimum atomic E-state index is -1.12. The molecule has 0 fully saturated rings. The molecule has 0 aliphatic carbocycles. The number of ether oxygens (including phenoxy) is 2. The fraction of sp³-hybridized carbons (Fsp3) is 0.833. The van der Waals surface area contributed by atoms with E-state index in [1.54, 1.807) is 34.6 Å². The van der Waals surface area contributed by atoms with Gasteiger partial charge in [0.2, 0.25) is 0 Å². The summed E-state index contributed by atoms with van der Waals surface area (Å²) in [4.78, 5) is 24.0. The number of likely N-dealkylation sites (N-methyl/N-ethyl adjacent to an activating group) is 1. The number of carbonyl (C=O) groups is 2. The van der Waals surface area contributed by atoms with Gasteiger partial charge in [-0.05, 0) is 34.6 Å². The minimum absolute atomic E-state index is 0.382. The van der Waals surface area contributed by atoms with E-state index in [1.807, 2.05) is 0 Å². The Balaban J connectivity index is 4.81. The third-order valence-electron chi connectivity index (χ3n) is 2.23. The summed E-state index contributed by atoms with van der Waals surface area (Å²) in [6.45, 7) is 8.93. The average molecular weight is 261 g/mol. The Morgan fingerprint density at radius 2 is 1.83 bits per heavy atom. The van der Waals surface area contributed by atoms with Crippen molar-refractivity contribution in [3.8, 4) is 0 Å². The number of nitrogens with zero attached hydrogens (tertiary/aromatic N) is 1. The SMILES string of the molecule is CCO[C@H](C)[C@@H](C(=O)O)N(C)C(=O)OC(C)(C)C. The van der Waals surface area contributed by atoms with Crippen molar-refractivity contribution in [3.63, 3.8) is 0 Å². The Bertz CT molecular complexity index is 297. The average Bonchev–Trinajstić information content (AvgIpc) is 2.14. The van der Waals surface area contributed by atoms with E-state index in [0.717, 1.165) is 4.90 Å². The lowest BCUT2D eigenvalue weighted by Crippen LogP contribution is -2.51. The lowest BCUT2D eigenvalue weighted by molar-refractivity contribution is -0.148. The van der Waals surface area contributed by atoms with Crippen molar-refractivity contribution in [2.24, 2.45) is 0 Å². The van der Waals surface area contributed by atoms with E-state index in [4.69, 9.17) is 14.6 Å². The van der Waals surface area contributed by atoms with Crippen molar-refractivity contribution in [3.05, 3.63) is 0 Å². The number of hydrogen-bond acceptors (Lipinski definition) is 4. The van der Waals surface area contributed by atoms with Gasteiger partial charge in [0, 0.05) is 13.7 Å². The van der Waals surface area contributed by atoms with Crippen LogP contribution in [0.25, 0.3) is 0 Å². The molecule has 0 unspecified atom stereocenters. The number of carboxylic acids is 1. The third-order valence-corrected chi connectivity index (χ3v) is 2.23. The molecule has 1 N–H and O–H groups in total. The number of carbonyl (C=O) groups excluding carboxylic acids is 1. The molecule has 0 aromatic carbocycles. The summed E-state index contributed by atoms with van der Waals surface area (Å²) in [5.41, 5.74) is -0.663. The van der Waals surface area contributed by atoms with Gasteiger partial charge in [0.15, 0.2) is 6.04 Å². The van der Waals surface area contributed by atoms with Crippen LogP contribution in [0, 0.1) is 0 Å². The van der Waals surface area contributed by atoms with Crippen molar-refractivity contribution in [2.45, 2.75) is 52.4 Å². The zero-order valence-electron chi connectivity index (χ0n) is 11.9. The highest BCUT2D eigenvalue weighted by Gasteiger charge is 2.34. The largest absolute Gasteiger partial charge is 0.480 e. The van der Waals surface area contributed by atoms with Crippen LogP contribution in [0.4, 0.5) is 4.79 Å². The summed E-state index contributed by atoms with van der Waals surface area (Å²) in [7, 11) is 1.39. The molecular weight excluding hydrogens is 238 g/mol. The minimum Gasteiger partial charge on any atom is -0.480 e. The molecule has 6 heteroatoms. The zero-order chi connectivity index (χ0) is 14.5. The van der Waals surface area contributed by atoms with Crippen LogP contribution < -0.4 is 0 Å². The van der Waals surface area contributed by atoms with E-state index >= 15 is 0 Å². The van der Waals surface area contributed by atoms with Crippen molar-refractivity contribution >= 4 is 12.1 Å². The number of carboxylic acid groups (broad SMARTS) is 1. The van der Waals surface area contributed by atoms with Crippen LogP contribution >= 0.6 is 0 Å². The molecule has 0 aliphatic heterocycles. The van der Waals surface area contributed by atoms with Crippen molar-refractivity contribution in [1.82, 2.24) is 4.90 Å². The lowest BCUT2D eigenvalue weighted by atomic mass is 10.1. The maximum atomic E-state index is 11.8. The molecule has 0 radical (unpaired) electrons. The van der Waals surface area contributed by atoms with Crippen LogP contribution in [0.3, 0.4) is 0 Å². The third kappa shape index (κ3) is 5.35. The fourth-order valence-corrected chi connectivity index (χ4v) is 1.48. The number of aliphatic carboxylic acids is 1. The molecule has 106 valence electrons. The standard InChI is InChI=1S/C12H23NO5/c1-7-17-8(2)9(10(14)15)13(6)11(16)18-12(3,4)5/h8-9H,7H2,1-6H3,(H,14,15)/t8-,9+/m1/s1. The maximum absolute atomic E-state index is 11.8. The van der Waals surface area contributed by atoms with Crippen LogP contribution in [-0.4, -0.2) is 53.5 Å². The first kappa shape index (κ1) is 16.7. The van der Waals surface area contributed by atoms with E-state index in [0.29, 0.717) is 6.61 Å². The van der Waals surface area contributed by atoms with Gasteiger partial charge in [-0.1, -0.05) is 0 Å². The molecule has 6 nitrogen and oxygen atoms in total.